The molecule has 33 heavy (non-hydrogen) atoms. The summed E-state index contributed by atoms with van der Waals surface area (Å²) < 4.78 is 24.6. The maximum Gasteiger partial charge on any atom is 0.251 e. The van der Waals surface area contributed by atoms with Crippen molar-refractivity contribution in [3.05, 3.63) is 57.9 Å². The number of hydrogen-bond acceptors (Lipinski definition) is 9. The van der Waals surface area contributed by atoms with Gasteiger partial charge in [0.25, 0.3) is 5.56 Å². The molecular weight excluding hydrogens is 445 g/mol. The minimum atomic E-state index is -1.46. The van der Waals surface area contributed by atoms with Crippen LogP contribution >= 0.6 is 11.7 Å². The van der Waals surface area contributed by atoms with Crippen LogP contribution in [0.3, 0.4) is 0 Å². The molecule has 1 saturated heterocycles. The van der Waals surface area contributed by atoms with Gasteiger partial charge in [0.2, 0.25) is 0 Å². The van der Waals surface area contributed by atoms with Gasteiger partial charge in [-0.2, -0.15) is 8.75 Å². The Kier molecular flexibility index (Phi) is 4.94. The first kappa shape index (κ1) is 20.7. The Balaban J connectivity index is 1.11. The number of nitrogens with zero attached hydrogens (tertiary/aromatic N) is 6. The fourth-order valence-corrected chi connectivity index (χ4v) is 5.53. The lowest BCUT2D eigenvalue weighted by molar-refractivity contribution is -0.0159. The van der Waals surface area contributed by atoms with E-state index in [4.69, 9.17) is 0 Å². The van der Waals surface area contributed by atoms with E-state index in [-0.39, 0.29) is 24.2 Å². The first-order valence-electron chi connectivity index (χ1n) is 10.9. The van der Waals surface area contributed by atoms with Crippen LogP contribution in [0.5, 0.6) is 0 Å². The zero-order valence-corrected chi connectivity index (χ0v) is 18.6. The number of pyridine rings is 3. The fraction of sp³-hybridized carbons (Fsp3) is 0.409. The molecule has 170 valence electrons. The van der Waals surface area contributed by atoms with Gasteiger partial charge < -0.3 is 15.0 Å². The van der Waals surface area contributed by atoms with Gasteiger partial charge in [0.1, 0.15) is 16.9 Å². The highest BCUT2D eigenvalue weighted by Gasteiger charge is 2.43. The third-order valence-electron chi connectivity index (χ3n) is 6.66. The van der Waals surface area contributed by atoms with Crippen molar-refractivity contribution in [2.24, 2.45) is 0 Å². The molecule has 0 aromatic carbocycles. The number of rotatable bonds is 5. The molecule has 2 aliphatic heterocycles. The van der Waals surface area contributed by atoms with Crippen LogP contribution in [0.25, 0.3) is 22.2 Å². The number of hydrogen-bond donors (Lipinski definition) is 2. The highest BCUT2D eigenvalue weighted by Crippen LogP contribution is 2.37. The predicted molar refractivity (Wildman–Crippen MR) is 121 cm³/mol. The van der Waals surface area contributed by atoms with Gasteiger partial charge in [0, 0.05) is 25.2 Å². The van der Waals surface area contributed by atoms with Gasteiger partial charge in [-0.1, -0.05) is 0 Å². The minimum absolute atomic E-state index is 0.0406. The molecule has 4 aromatic heterocycles. The summed E-state index contributed by atoms with van der Waals surface area (Å²) in [7, 11) is 0. The van der Waals surface area contributed by atoms with Crippen LogP contribution < -0.4 is 10.9 Å². The summed E-state index contributed by atoms with van der Waals surface area (Å²) in [6.45, 7) is 2.50. The number of nitrogens with one attached hydrogen (secondary N) is 1. The average Bonchev–Trinajstić information content (AvgIpc) is 3.40. The van der Waals surface area contributed by atoms with Crippen LogP contribution in [0.4, 0.5) is 4.39 Å². The number of β-amino-alcohol motifs (C(OH)–C–C–N with tert-alkyl or cyclic N) is 1. The topological polar surface area (TPSA) is 109 Å². The van der Waals surface area contributed by atoms with Crippen molar-refractivity contribution < 1.29 is 9.50 Å². The van der Waals surface area contributed by atoms with E-state index in [1.165, 1.54) is 10.6 Å². The maximum atomic E-state index is 14.8. The molecule has 4 aromatic rings. The molecule has 0 unspecified atom stereocenters. The molecule has 11 heteroatoms. The van der Waals surface area contributed by atoms with Crippen molar-refractivity contribution in [1.29, 1.82) is 0 Å². The summed E-state index contributed by atoms with van der Waals surface area (Å²) in [5, 5.41) is 15.0. The second-order valence-corrected chi connectivity index (χ2v) is 9.37. The number of fused-ring (bicyclic) bond motifs is 1. The summed E-state index contributed by atoms with van der Waals surface area (Å²) in [5.74, 6) is -0.571. The second kappa shape index (κ2) is 7.87. The van der Waals surface area contributed by atoms with Gasteiger partial charge >= 0.3 is 0 Å². The van der Waals surface area contributed by atoms with E-state index in [0.29, 0.717) is 29.3 Å². The van der Waals surface area contributed by atoms with Gasteiger partial charge in [-0.25, -0.2) is 9.37 Å². The number of aromatic nitrogens is 5. The van der Waals surface area contributed by atoms with Gasteiger partial charge in [-0.05, 0) is 44.1 Å². The number of aliphatic hydroxyl groups is 1. The molecule has 0 bridgehead atoms. The Morgan fingerprint density at radius 2 is 2.00 bits per heavy atom. The van der Waals surface area contributed by atoms with Crippen LogP contribution in [-0.4, -0.2) is 59.0 Å². The van der Waals surface area contributed by atoms with Crippen molar-refractivity contribution in [3.8, 4) is 0 Å². The zero-order valence-electron chi connectivity index (χ0n) is 17.7. The van der Waals surface area contributed by atoms with Crippen LogP contribution in [-0.2, 0) is 18.7 Å². The molecule has 6 heterocycles. The lowest BCUT2D eigenvalue weighted by Crippen LogP contribution is -2.48. The van der Waals surface area contributed by atoms with E-state index < -0.39 is 11.4 Å². The van der Waals surface area contributed by atoms with Gasteiger partial charge in [-0.15, -0.1) is 0 Å². The molecule has 0 amide bonds. The quantitative estimate of drug-likeness (QED) is 0.453. The molecule has 2 aliphatic rings. The van der Waals surface area contributed by atoms with E-state index in [2.05, 4.69) is 28.9 Å². The van der Waals surface area contributed by atoms with Crippen molar-refractivity contribution in [2.45, 2.75) is 37.6 Å². The molecule has 6 rings (SSSR count). The summed E-state index contributed by atoms with van der Waals surface area (Å²) in [4.78, 5) is 23.1. The largest absolute Gasteiger partial charge is 0.382 e. The maximum absolute atomic E-state index is 14.8. The molecule has 0 aliphatic carbocycles. The monoisotopic (exact) mass is 467 g/mol. The SMILES string of the molecule is O=c1ccc2ncc(F)c3c2n1C[C@@]3(O)CN1CCC(NCc2ccc3nsnc3n2)CC1. The number of halogens is 1. The Labute approximate surface area is 192 Å². The van der Waals surface area contributed by atoms with E-state index in [1.54, 1.807) is 6.07 Å². The van der Waals surface area contributed by atoms with E-state index in [9.17, 15) is 14.3 Å². The first-order chi connectivity index (χ1) is 16.0. The third-order valence-corrected chi connectivity index (χ3v) is 7.20. The summed E-state index contributed by atoms with van der Waals surface area (Å²) >= 11 is 1.16. The molecular formula is C22H22FN7O2S. The standard InChI is InChI=1S/C22H22FN7O2S/c23-15-10-25-16-3-4-18(31)30-12-22(32,19(15)20(16)30)11-29-7-5-13(6-8-29)24-9-14-1-2-17-21(26-14)28-33-27-17/h1-4,10,13,24,32H,5-9,11-12H2/t22-/m0/s1. The van der Waals surface area contributed by atoms with E-state index >= 15 is 0 Å². The molecule has 1 fully saturated rings. The van der Waals surface area contributed by atoms with E-state index in [1.807, 2.05) is 12.1 Å². The molecule has 9 nitrogen and oxygen atoms in total. The molecule has 0 spiro atoms. The van der Waals surface area contributed by atoms with E-state index in [0.717, 1.165) is 55.1 Å². The minimum Gasteiger partial charge on any atom is -0.382 e. The smallest absolute Gasteiger partial charge is 0.251 e. The van der Waals surface area contributed by atoms with Crippen LogP contribution in [0.1, 0.15) is 24.1 Å². The molecule has 1 atom stereocenters. The molecule has 0 saturated carbocycles. The van der Waals surface area contributed by atoms with Crippen LogP contribution in [0.15, 0.2) is 35.3 Å². The number of piperidine rings is 1. The average molecular weight is 468 g/mol. The second-order valence-electron chi connectivity index (χ2n) is 8.85. The van der Waals surface area contributed by atoms with Crippen molar-refractivity contribution in [2.75, 3.05) is 19.6 Å². The molecule has 0 radical (unpaired) electrons. The Hall–Kier alpha value is -2.86. The van der Waals surface area contributed by atoms with Crippen LogP contribution in [0.2, 0.25) is 0 Å². The van der Waals surface area contributed by atoms with Crippen molar-refractivity contribution in [1.82, 2.24) is 33.5 Å². The summed E-state index contributed by atoms with van der Waals surface area (Å²) in [6.07, 6.45) is 2.93. The normalized spacial score (nSPS) is 21.4. The Morgan fingerprint density at radius 1 is 1.18 bits per heavy atom. The van der Waals surface area contributed by atoms with Crippen LogP contribution in [0, 0.1) is 5.82 Å². The first-order valence-corrected chi connectivity index (χ1v) is 11.7. The highest BCUT2D eigenvalue weighted by atomic mass is 32.1. The summed E-state index contributed by atoms with van der Waals surface area (Å²) in [5.41, 5.74) is 1.81. The van der Waals surface area contributed by atoms with Gasteiger partial charge in [0.15, 0.2) is 5.65 Å². The summed E-state index contributed by atoms with van der Waals surface area (Å²) in [6, 6.07) is 7.22. The highest BCUT2D eigenvalue weighted by molar-refractivity contribution is 7.00. The Morgan fingerprint density at radius 3 is 2.85 bits per heavy atom. The Bertz CT molecular complexity index is 1420. The fourth-order valence-electron chi connectivity index (χ4n) is 5.04. The van der Waals surface area contributed by atoms with Gasteiger partial charge in [-0.3, -0.25) is 14.7 Å². The molecule has 2 N–H and O–H groups in total. The third kappa shape index (κ3) is 3.61. The predicted octanol–water partition coefficient (Wildman–Crippen LogP) is 1.39. The van der Waals surface area contributed by atoms with Crippen molar-refractivity contribution in [3.63, 3.8) is 0 Å². The van der Waals surface area contributed by atoms with Crippen molar-refractivity contribution >= 4 is 33.9 Å². The lowest BCUT2D eigenvalue weighted by Gasteiger charge is -2.37. The lowest BCUT2D eigenvalue weighted by atomic mass is 9.93. The number of likely N-dealkylation sites (tertiary alicyclic amines) is 1. The van der Waals surface area contributed by atoms with Gasteiger partial charge in [0.05, 0.1) is 46.8 Å². The zero-order chi connectivity index (χ0) is 22.6.